The molecule has 0 unspecified atom stereocenters. The van der Waals surface area contributed by atoms with E-state index in [1.807, 2.05) is 35.7 Å². The van der Waals surface area contributed by atoms with E-state index in [9.17, 15) is 9.59 Å². The molecular weight excluding hydrogens is 350 g/mol. The number of rotatable bonds is 5. The maximum Gasteiger partial charge on any atom is 0.274 e. The minimum atomic E-state index is -0.792. The minimum Gasteiger partial charge on any atom is -0.440 e. The first kappa shape index (κ1) is 17.9. The number of amides is 2. The summed E-state index contributed by atoms with van der Waals surface area (Å²) in [5.41, 5.74) is 0.889. The Balaban J connectivity index is 1.88. The molecule has 2 heterocycles. The van der Waals surface area contributed by atoms with Gasteiger partial charge in [0, 0.05) is 14.1 Å². The van der Waals surface area contributed by atoms with Crippen LogP contribution in [0.2, 0.25) is 0 Å². The molecule has 0 aliphatic rings. The topological polar surface area (TPSA) is 75.4 Å². The Labute approximate surface area is 155 Å². The first-order valence-corrected chi connectivity index (χ1v) is 8.93. The zero-order chi connectivity index (χ0) is 18.7. The average molecular weight is 369 g/mol. The van der Waals surface area contributed by atoms with Crippen molar-refractivity contribution in [2.45, 2.75) is 13.0 Å². The van der Waals surface area contributed by atoms with Gasteiger partial charge in [-0.25, -0.2) is 4.98 Å². The molecule has 26 heavy (non-hydrogen) atoms. The van der Waals surface area contributed by atoms with Gasteiger partial charge in [-0.15, -0.1) is 11.3 Å². The molecule has 3 rings (SSSR count). The Morgan fingerprint density at radius 2 is 1.88 bits per heavy atom. The van der Waals surface area contributed by atoms with E-state index in [1.54, 1.807) is 33.2 Å². The molecule has 2 amide bonds. The fourth-order valence-corrected chi connectivity index (χ4v) is 3.15. The van der Waals surface area contributed by atoms with Crippen molar-refractivity contribution in [3.63, 3.8) is 0 Å². The molecule has 0 aliphatic heterocycles. The van der Waals surface area contributed by atoms with Gasteiger partial charge in [0.15, 0.2) is 5.69 Å². The maximum absolute atomic E-state index is 12.8. The molecule has 3 aromatic rings. The molecule has 1 atom stereocenters. The van der Waals surface area contributed by atoms with Gasteiger partial charge in [0.25, 0.3) is 5.91 Å². The van der Waals surface area contributed by atoms with E-state index in [4.69, 9.17) is 4.42 Å². The van der Waals surface area contributed by atoms with Gasteiger partial charge in [-0.1, -0.05) is 36.4 Å². The van der Waals surface area contributed by atoms with Crippen LogP contribution >= 0.6 is 11.3 Å². The molecule has 134 valence electrons. The molecule has 1 N–H and O–H groups in total. The number of hydrogen-bond acceptors (Lipinski definition) is 5. The summed E-state index contributed by atoms with van der Waals surface area (Å²) in [6.07, 6.45) is 0. The highest BCUT2D eigenvalue weighted by Gasteiger charge is 2.27. The fraction of sp³-hybridized carbons (Fsp3) is 0.211. The zero-order valence-corrected chi connectivity index (χ0v) is 15.5. The molecule has 0 saturated heterocycles. The number of oxazole rings is 1. The lowest BCUT2D eigenvalue weighted by atomic mass is 10.1. The van der Waals surface area contributed by atoms with Crippen LogP contribution in [0, 0.1) is 6.92 Å². The number of carbonyl (C=O) groups is 2. The number of thiophene rings is 1. The molecule has 7 heteroatoms. The van der Waals surface area contributed by atoms with Gasteiger partial charge < -0.3 is 14.6 Å². The van der Waals surface area contributed by atoms with Crippen LogP contribution in [-0.2, 0) is 4.79 Å². The molecule has 0 fully saturated rings. The lowest BCUT2D eigenvalue weighted by Crippen LogP contribution is -2.40. The fourth-order valence-electron chi connectivity index (χ4n) is 2.50. The van der Waals surface area contributed by atoms with E-state index in [0.29, 0.717) is 17.2 Å². The molecule has 2 aromatic heterocycles. The Hall–Kier alpha value is -2.93. The van der Waals surface area contributed by atoms with Gasteiger partial charge in [0.05, 0.1) is 4.88 Å². The van der Waals surface area contributed by atoms with Crippen molar-refractivity contribution in [3.8, 4) is 10.8 Å². The monoisotopic (exact) mass is 369 g/mol. The second-order valence-corrected chi connectivity index (χ2v) is 6.90. The summed E-state index contributed by atoms with van der Waals surface area (Å²) in [4.78, 5) is 31.9. The Morgan fingerprint density at radius 1 is 1.15 bits per heavy atom. The van der Waals surface area contributed by atoms with Crippen LogP contribution < -0.4 is 5.32 Å². The predicted octanol–water partition coefficient (Wildman–Crippen LogP) is 3.27. The lowest BCUT2D eigenvalue weighted by molar-refractivity contribution is -0.130. The second kappa shape index (κ2) is 7.53. The zero-order valence-electron chi connectivity index (χ0n) is 14.7. The van der Waals surface area contributed by atoms with Crippen molar-refractivity contribution >= 4 is 23.2 Å². The highest BCUT2D eigenvalue weighted by molar-refractivity contribution is 7.13. The van der Waals surface area contributed by atoms with E-state index in [2.05, 4.69) is 10.3 Å². The summed E-state index contributed by atoms with van der Waals surface area (Å²) in [6.45, 7) is 1.68. The van der Waals surface area contributed by atoms with E-state index in [-0.39, 0.29) is 11.6 Å². The van der Waals surface area contributed by atoms with Crippen LogP contribution in [0.3, 0.4) is 0 Å². The largest absolute Gasteiger partial charge is 0.440 e. The number of aromatic nitrogens is 1. The Morgan fingerprint density at radius 3 is 2.50 bits per heavy atom. The van der Waals surface area contributed by atoms with Crippen molar-refractivity contribution in [1.82, 2.24) is 15.2 Å². The van der Waals surface area contributed by atoms with E-state index in [1.165, 1.54) is 16.2 Å². The van der Waals surface area contributed by atoms with Crippen molar-refractivity contribution in [3.05, 3.63) is 64.9 Å². The summed E-state index contributed by atoms with van der Waals surface area (Å²) in [6, 6.07) is 12.1. The predicted molar refractivity (Wildman–Crippen MR) is 99.9 cm³/mol. The second-order valence-electron chi connectivity index (χ2n) is 5.95. The maximum atomic E-state index is 12.8. The quantitative estimate of drug-likeness (QED) is 0.749. The van der Waals surface area contributed by atoms with E-state index < -0.39 is 11.9 Å². The third-order valence-corrected chi connectivity index (χ3v) is 4.70. The summed E-state index contributed by atoms with van der Waals surface area (Å²) in [5.74, 6) is 0.148. The average Bonchev–Trinajstić information content (AvgIpc) is 3.29. The van der Waals surface area contributed by atoms with Crippen molar-refractivity contribution in [2.24, 2.45) is 0 Å². The highest BCUT2D eigenvalue weighted by atomic mass is 32.1. The molecule has 0 bridgehead atoms. The van der Waals surface area contributed by atoms with E-state index >= 15 is 0 Å². The third-order valence-electron chi connectivity index (χ3n) is 3.84. The van der Waals surface area contributed by atoms with Crippen LogP contribution in [0.5, 0.6) is 0 Å². The molecule has 6 nitrogen and oxygen atoms in total. The van der Waals surface area contributed by atoms with Gasteiger partial charge >= 0.3 is 0 Å². The normalized spacial score (nSPS) is 11.8. The molecule has 0 aliphatic carbocycles. The number of hydrogen-bond donors (Lipinski definition) is 1. The van der Waals surface area contributed by atoms with Crippen LogP contribution in [-0.4, -0.2) is 35.8 Å². The van der Waals surface area contributed by atoms with Gasteiger partial charge in [0.2, 0.25) is 11.8 Å². The van der Waals surface area contributed by atoms with Crippen molar-refractivity contribution in [2.75, 3.05) is 14.1 Å². The summed E-state index contributed by atoms with van der Waals surface area (Å²) >= 11 is 1.48. The molecule has 1 aromatic carbocycles. The van der Waals surface area contributed by atoms with E-state index in [0.717, 1.165) is 4.88 Å². The van der Waals surface area contributed by atoms with Gasteiger partial charge in [-0.05, 0) is 23.9 Å². The van der Waals surface area contributed by atoms with Crippen molar-refractivity contribution in [1.29, 1.82) is 0 Å². The smallest absolute Gasteiger partial charge is 0.274 e. The molecular formula is C19H19N3O3S. The van der Waals surface area contributed by atoms with Gasteiger partial charge in [-0.3, -0.25) is 9.59 Å². The highest BCUT2D eigenvalue weighted by Crippen LogP contribution is 2.26. The number of likely N-dealkylation sites (N-methyl/N-ethyl adjacent to an activating group) is 1. The number of aryl methyl sites for hydroxylation is 1. The molecule has 0 radical (unpaired) electrons. The Bertz CT molecular complexity index is 902. The van der Waals surface area contributed by atoms with Crippen LogP contribution in [0.25, 0.3) is 10.8 Å². The number of nitrogens with zero attached hydrogens (tertiary/aromatic N) is 2. The summed E-state index contributed by atoms with van der Waals surface area (Å²) in [5, 5.41) is 4.69. The third kappa shape index (κ3) is 3.67. The van der Waals surface area contributed by atoms with Gasteiger partial charge in [-0.2, -0.15) is 0 Å². The first-order valence-electron chi connectivity index (χ1n) is 8.05. The molecule has 0 saturated carbocycles. The SMILES string of the molecule is Cc1oc(-c2cccs2)nc1C(=O)N[C@@H](C(=O)N(C)C)c1ccccc1. The van der Waals surface area contributed by atoms with Gasteiger partial charge in [0.1, 0.15) is 11.8 Å². The number of carbonyl (C=O) groups excluding carboxylic acids is 2. The van der Waals surface area contributed by atoms with Crippen molar-refractivity contribution < 1.29 is 14.0 Å². The minimum absolute atomic E-state index is 0.181. The summed E-state index contributed by atoms with van der Waals surface area (Å²) in [7, 11) is 3.31. The van der Waals surface area contributed by atoms with Crippen LogP contribution in [0.15, 0.2) is 52.3 Å². The lowest BCUT2D eigenvalue weighted by Gasteiger charge is -2.21. The Kier molecular flexibility index (Phi) is 5.18. The summed E-state index contributed by atoms with van der Waals surface area (Å²) < 4.78 is 5.62. The molecule has 0 spiro atoms. The first-order chi connectivity index (χ1) is 12.5. The number of benzene rings is 1. The number of nitrogens with one attached hydrogen (secondary N) is 1. The standard InChI is InChI=1S/C19H19N3O3S/c1-12-15(21-18(25-12)14-10-7-11-26-14)17(23)20-16(19(24)22(2)3)13-8-5-4-6-9-13/h4-11,16H,1-3H3,(H,20,23)/t16-/m1/s1. The van der Waals surface area contributed by atoms with Crippen LogP contribution in [0.1, 0.15) is 27.9 Å². The van der Waals surface area contributed by atoms with Crippen LogP contribution in [0.4, 0.5) is 0 Å².